The number of carbonyl (C=O) groups is 2. The van der Waals surface area contributed by atoms with Gasteiger partial charge in [0.2, 0.25) is 5.91 Å². The number of imidazole rings is 1. The standard InChI is InChI=1S/C17H20N4O2S/c1-11-4-3-5-14(10-11)21-9-8-18-17(21)24-12(2)15(22)20-16(23)19-13-6-7-13/h3-5,8-10,12-13H,6-7H2,1-2H3,(H2,19,20,22,23). The van der Waals surface area contributed by atoms with Gasteiger partial charge in [0, 0.05) is 24.1 Å². The van der Waals surface area contributed by atoms with Crippen LogP contribution in [0.3, 0.4) is 0 Å². The van der Waals surface area contributed by atoms with Crippen molar-refractivity contribution in [3.05, 3.63) is 42.2 Å². The van der Waals surface area contributed by atoms with Crippen LogP contribution in [0.25, 0.3) is 5.69 Å². The molecule has 24 heavy (non-hydrogen) atoms. The Labute approximate surface area is 145 Å². The van der Waals surface area contributed by atoms with Crippen LogP contribution in [0.2, 0.25) is 0 Å². The number of hydrogen-bond acceptors (Lipinski definition) is 4. The maximum atomic E-state index is 12.2. The molecule has 2 aromatic rings. The summed E-state index contributed by atoms with van der Waals surface area (Å²) < 4.78 is 1.94. The van der Waals surface area contributed by atoms with Crippen molar-refractivity contribution >= 4 is 23.7 Å². The molecule has 0 bridgehead atoms. The Morgan fingerprint density at radius 3 is 2.88 bits per heavy atom. The van der Waals surface area contributed by atoms with Gasteiger partial charge in [0.1, 0.15) is 0 Å². The Morgan fingerprint density at radius 2 is 2.17 bits per heavy atom. The van der Waals surface area contributed by atoms with E-state index in [4.69, 9.17) is 0 Å². The fourth-order valence-corrected chi connectivity index (χ4v) is 3.11. The van der Waals surface area contributed by atoms with Gasteiger partial charge in [0.15, 0.2) is 5.16 Å². The third kappa shape index (κ3) is 4.17. The summed E-state index contributed by atoms with van der Waals surface area (Å²) >= 11 is 1.32. The van der Waals surface area contributed by atoms with E-state index in [9.17, 15) is 9.59 Å². The van der Waals surface area contributed by atoms with Crippen LogP contribution in [-0.4, -0.2) is 32.8 Å². The predicted molar refractivity (Wildman–Crippen MR) is 93.3 cm³/mol. The molecule has 1 aliphatic carbocycles. The SMILES string of the molecule is Cc1cccc(-n2ccnc2SC(C)C(=O)NC(=O)NC2CC2)c1. The molecule has 0 spiro atoms. The van der Waals surface area contributed by atoms with Crippen molar-refractivity contribution in [1.29, 1.82) is 0 Å². The second-order valence-electron chi connectivity index (χ2n) is 5.92. The number of carbonyl (C=O) groups excluding carboxylic acids is 2. The van der Waals surface area contributed by atoms with Gasteiger partial charge >= 0.3 is 6.03 Å². The molecule has 0 aliphatic heterocycles. The zero-order valence-corrected chi connectivity index (χ0v) is 14.5. The quantitative estimate of drug-likeness (QED) is 0.818. The van der Waals surface area contributed by atoms with Crippen molar-refractivity contribution in [2.75, 3.05) is 0 Å². The summed E-state index contributed by atoms with van der Waals surface area (Å²) in [6, 6.07) is 7.86. The van der Waals surface area contributed by atoms with Gasteiger partial charge in [-0.2, -0.15) is 0 Å². The van der Waals surface area contributed by atoms with E-state index in [0.29, 0.717) is 5.16 Å². The van der Waals surface area contributed by atoms with Gasteiger partial charge in [0.05, 0.1) is 5.25 Å². The average molecular weight is 344 g/mol. The topological polar surface area (TPSA) is 76.0 Å². The highest BCUT2D eigenvalue weighted by Crippen LogP contribution is 2.25. The van der Waals surface area contributed by atoms with Gasteiger partial charge in [0.25, 0.3) is 0 Å². The minimum Gasteiger partial charge on any atom is -0.335 e. The Bertz CT molecular complexity index is 755. The fourth-order valence-electron chi connectivity index (χ4n) is 2.23. The van der Waals surface area contributed by atoms with E-state index in [1.54, 1.807) is 13.1 Å². The Kier molecular flexibility index (Phi) is 4.89. The van der Waals surface area contributed by atoms with Crippen LogP contribution in [0.15, 0.2) is 41.8 Å². The Hall–Kier alpha value is -2.28. The minimum atomic E-state index is -0.430. The lowest BCUT2D eigenvalue weighted by Gasteiger charge is -2.13. The molecule has 1 saturated carbocycles. The molecule has 7 heteroatoms. The molecule has 1 unspecified atom stereocenters. The van der Waals surface area contributed by atoms with Crippen molar-refractivity contribution in [3.63, 3.8) is 0 Å². The van der Waals surface area contributed by atoms with E-state index in [2.05, 4.69) is 21.7 Å². The van der Waals surface area contributed by atoms with Crippen LogP contribution in [0.5, 0.6) is 0 Å². The van der Waals surface area contributed by atoms with Gasteiger partial charge < -0.3 is 5.32 Å². The molecule has 3 rings (SSSR count). The molecule has 1 aliphatic rings. The van der Waals surface area contributed by atoms with Crippen molar-refractivity contribution in [3.8, 4) is 5.69 Å². The third-order valence-corrected chi connectivity index (χ3v) is 4.77. The van der Waals surface area contributed by atoms with Crippen molar-refractivity contribution < 1.29 is 9.59 Å². The van der Waals surface area contributed by atoms with Gasteiger partial charge in [-0.15, -0.1) is 0 Å². The lowest BCUT2D eigenvalue weighted by atomic mass is 10.2. The predicted octanol–water partition coefficient (Wildman–Crippen LogP) is 2.65. The second kappa shape index (κ2) is 7.09. The number of thioether (sulfide) groups is 1. The summed E-state index contributed by atoms with van der Waals surface area (Å²) in [5, 5.41) is 5.41. The molecule has 0 saturated heterocycles. The molecular weight excluding hydrogens is 324 g/mol. The number of benzene rings is 1. The van der Waals surface area contributed by atoms with Crippen molar-refractivity contribution in [1.82, 2.24) is 20.2 Å². The molecule has 6 nitrogen and oxygen atoms in total. The number of aromatic nitrogens is 2. The smallest absolute Gasteiger partial charge is 0.321 e. The first-order chi connectivity index (χ1) is 11.5. The number of aryl methyl sites for hydroxylation is 1. The number of urea groups is 1. The number of hydrogen-bond donors (Lipinski definition) is 2. The number of amides is 3. The largest absolute Gasteiger partial charge is 0.335 e. The zero-order valence-electron chi connectivity index (χ0n) is 13.7. The van der Waals surface area contributed by atoms with Crippen LogP contribution in [0.1, 0.15) is 25.3 Å². The molecule has 1 heterocycles. The number of nitrogens with zero attached hydrogens (tertiary/aromatic N) is 2. The molecule has 3 amide bonds. The summed E-state index contributed by atoms with van der Waals surface area (Å²) in [6.45, 7) is 3.79. The van der Waals surface area contributed by atoms with E-state index in [-0.39, 0.29) is 11.9 Å². The molecule has 1 atom stereocenters. The normalized spacial score (nSPS) is 14.9. The molecule has 1 fully saturated rings. The van der Waals surface area contributed by atoms with E-state index < -0.39 is 11.3 Å². The lowest BCUT2D eigenvalue weighted by molar-refractivity contribution is -0.119. The third-order valence-electron chi connectivity index (χ3n) is 3.69. The van der Waals surface area contributed by atoms with E-state index in [1.807, 2.05) is 35.9 Å². The first kappa shape index (κ1) is 16.6. The monoisotopic (exact) mass is 344 g/mol. The highest BCUT2D eigenvalue weighted by Gasteiger charge is 2.25. The average Bonchev–Trinajstić information content (AvgIpc) is 3.22. The fraction of sp³-hybridized carbons (Fsp3) is 0.353. The first-order valence-electron chi connectivity index (χ1n) is 7.91. The summed E-state index contributed by atoms with van der Waals surface area (Å²) in [4.78, 5) is 28.1. The molecular formula is C17H20N4O2S. The van der Waals surface area contributed by atoms with Gasteiger partial charge in [-0.25, -0.2) is 9.78 Å². The summed E-state index contributed by atoms with van der Waals surface area (Å²) in [5.41, 5.74) is 2.15. The molecule has 1 aromatic heterocycles. The summed E-state index contributed by atoms with van der Waals surface area (Å²) in [5.74, 6) is -0.322. The van der Waals surface area contributed by atoms with Crippen molar-refractivity contribution in [2.45, 2.75) is 43.1 Å². The van der Waals surface area contributed by atoms with Gasteiger partial charge in [-0.3, -0.25) is 14.7 Å². The lowest BCUT2D eigenvalue weighted by Crippen LogP contribution is -2.43. The van der Waals surface area contributed by atoms with Crippen LogP contribution >= 0.6 is 11.8 Å². The van der Waals surface area contributed by atoms with Crippen molar-refractivity contribution in [2.24, 2.45) is 0 Å². The van der Waals surface area contributed by atoms with Gasteiger partial charge in [-0.1, -0.05) is 23.9 Å². The maximum Gasteiger partial charge on any atom is 0.321 e. The molecule has 1 aromatic carbocycles. The number of nitrogens with one attached hydrogen (secondary N) is 2. The maximum absolute atomic E-state index is 12.2. The Morgan fingerprint density at radius 1 is 1.38 bits per heavy atom. The number of rotatable bonds is 5. The number of imide groups is 1. The van der Waals surface area contributed by atoms with E-state index >= 15 is 0 Å². The zero-order chi connectivity index (χ0) is 17.1. The second-order valence-corrected chi connectivity index (χ2v) is 7.22. The summed E-state index contributed by atoms with van der Waals surface area (Å²) in [7, 11) is 0. The van der Waals surface area contributed by atoms with Crippen LogP contribution in [0.4, 0.5) is 4.79 Å². The van der Waals surface area contributed by atoms with Crippen LogP contribution in [0, 0.1) is 6.92 Å². The Balaban J connectivity index is 1.64. The minimum absolute atomic E-state index is 0.223. The molecule has 0 radical (unpaired) electrons. The van der Waals surface area contributed by atoms with E-state index in [0.717, 1.165) is 24.1 Å². The highest BCUT2D eigenvalue weighted by atomic mass is 32.2. The van der Waals surface area contributed by atoms with Gasteiger partial charge in [-0.05, 0) is 44.4 Å². The van der Waals surface area contributed by atoms with E-state index in [1.165, 1.54) is 11.8 Å². The summed E-state index contributed by atoms with van der Waals surface area (Å²) in [6.07, 6.45) is 5.54. The first-order valence-corrected chi connectivity index (χ1v) is 8.79. The highest BCUT2D eigenvalue weighted by molar-refractivity contribution is 8.00. The van der Waals surface area contributed by atoms with Crippen LogP contribution in [-0.2, 0) is 4.79 Å². The van der Waals surface area contributed by atoms with Crippen LogP contribution < -0.4 is 10.6 Å². The molecule has 2 N–H and O–H groups in total. The molecule has 126 valence electrons.